The lowest BCUT2D eigenvalue weighted by Gasteiger charge is -2.40. The predicted octanol–water partition coefficient (Wildman–Crippen LogP) is 2.08. The Morgan fingerprint density at radius 2 is 2.00 bits per heavy atom. The van der Waals surface area contributed by atoms with Crippen LogP contribution in [0.25, 0.3) is 0 Å². The van der Waals surface area contributed by atoms with E-state index in [0.717, 1.165) is 0 Å². The summed E-state index contributed by atoms with van der Waals surface area (Å²) in [5.41, 5.74) is -0.138. The molecule has 134 valence electrons. The minimum atomic E-state index is -0.550. The number of hydrogen-bond acceptors (Lipinski definition) is 6. The van der Waals surface area contributed by atoms with E-state index in [0.29, 0.717) is 31.1 Å². The Morgan fingerprint density at radius 1 is 1.38 bits per heavy atom. The Morgan fingerprint density at radius 3 is 2.50 bits per heavy atom. The van der Waals surface area contributed by atoms with Crippen molar-refractivity contribution in [2.24, 2.45) is 7.05 Å². The first-order valence-electron chi connectivity index (χ1n) is 7.94. The van der Waals surface area contributed by atoms with Crippen LogP contribution in [0.15, 0.2) is 0 Å². The minimum Gasteiger partial charge on any atom is -0.444 e. The first-order chi connectivity index (χ1) is 11.0. The van der Waals surface area contributed by atoms with Crippen molar-refractivity contribution in [3.63, 3.8) is 0 Å². The van der Waals surface area contributed by atoms with E-state index in [4.69, 9.17) is 4.74 Å². The molecular formula is C15H25N5O4. The van der Waals surface area contributed by atoms with Crippen LogP contribution in [0.5, 0.6) is 0 Å². The SMILES string of the molecule is Cc1nn(C)c(N2CCN(C(=O)OC(C)(C)C)[C@H](C)C2)c1[N+](=O)[O-]. The molecule has 1 fully saturated rings. The molecule has 1 atom stereocenters. The summed E-state index contributed by atoms with van der Waals surface area (Å²) in [5.74, 6) is 0.480. The molecule has 0 spiro atoms. The number of nitro groups is 1. The standard InChI is InChI=1S/C15H25N5O4/c1-10-9-18(7-8-19(10)14(21)24-15(3,4)5)13-12(20(22)23)11(2)16-17(13)6/h10H,7-9H2,1-6H3/t10-/m1/s1. The molecule has 2 rings (SSSR count). The van der Waals surface area contributed by atoms with E-state index >= 15 is 0 Å². The van der Waals surface area contributed by atoms with E-state index in [1.54, 1.807) is 18.9 Å². The van der Waals surface area contributed by atoms with Crippen molar-refractivity contribution in [2.75, 3.05) is 24.5 Å². The topological polar surface area (TPSA) is 93.7 Å². The summed E-state index contributed by atoms with van der Waals surface area (Å²) in [5, 5.41) is 15.5. The van der Waals surface area contributed by atoms with Gasteiger partial charge < -0.3 is 14.5 Å². The van der Waals surface area contributed by atoms with Gasteiger partial charge in [0.1, 0.15) is 11.3 Å². The molecule has 1 saturated heterocycles. The minimum absolute atomic E-state index is 0.0235. The molecule has 0 radical (unpaired) electrons. The molecule has 0 bridgehead atoms. The lowest BCUT2D eigenvalue weighted by Crippen LogP contribution is -2.55. The average Bonchev–Trinajstić information content (AvgIpc) is 2.71. The van der Waals surface area contributed by atoms with Gasteiger partial charge in [-0.05, 0) is 34.6 Å². The van der Waals surface area contributed by atoms with Crippen molar-refractivity contribution in [2.45, 2.75) is 46.3 Å². The number of rotatable bonds is 2. The fourth-order valence-corrected chi connectivity index (χ4v) is 2.94. The number of anilines is 1. The summed E-state index contributed by atoms with van der Waals surface area (Å²) < 4.78 is 6.95. The number of hydrogen-bond donors (Lipinski definition) is 0. The molecule has 1 aliphatic rings. The zero-order chi connectivity index (χ0) is 18.2. The molecule has 0 saturated carbocycles. The molecule has 24 heavy (non-hydrogen) atoms. The van der Waals surface area contributed by atoms with Crippen LogP contribution in [-0.4, -0.2) is 57.0 Å². The molecule has 0 N–H and O–H groups in total. The molecular weight excluding hydrogens is 314 g/mol. The second-order valence-corrected chi connectivity index (χ2v) is 7.11. The van der Waals surface area contributed by atoms with Gasteiger partial charge in [0.15, 0.2) is 0 Å². The molecule has 1 amide bonds. The van der Waals surface area contributed by atoms with E-state index in [-0.39, 0.29) is 17.8 Å². The second kappa shape index (κ2) is 6.29. The second-order valence-electron chi connectivity index (χ2n) is 7.11. The van der Waals surface area contributed by atoms with E-state index in [9.17, 15) is 14.9 Å². The van der Waals surface area contributed by atoms with E-state index in [1.165, 1.54) is 4.68 Å². The third kappa shape index (κ3) is 3.60. The highest BCUT2D eigenvalue weighted by atomic mass is 16.6. The van der Waals surface area contributed by atoms with E-state index < -0.39 is 10.5 Å². The summed E-state index contributed by atoms with van der Waals surface area (Å²) in [4.78, 5) is 26.8. The van der Waals surface area contributed by atoms with Crippen LogP contribution < -0.4 is 4.90 Å². The van der Waals surface area contributed by atoms with Gasteiger partial charge in [-0.3, -0.25) is 10.1 Å². The van der Waals surface area contributed by atoms with E-state index in [1.807, 2.05) is 32.6 Å². The van der Waals surface area contributed by atoms with Gasteiger partial charge in [0.2, 0.25) is 5.82 Å². The highest BCUT2D eigenvalue weighted by molar-refractivity contribution is 5.69. The van der Waals surface area contributed by atoms with Crippen LogP contribution >= 0.6 is 0 Å². The maximum Gasteiger partial charge on any atom is 0.410 e. The fraction of sp³-hybridized carbons (Fsp3) is 0.733. The Hall–Kier alpha value is -2.32. The third-order valence-electron chi connectivity index (χ3n) is 3.90. The molecule has 1 aromatic rings. The van der Waals surface area contributed by atoms with Crippen LogP contribution in [0.4, 0.5) is 16.3 Å². The smallest absolute Gasteiger partial charge is 0.410 e. The van der Waals surface area contributed by atoms with Crippen LogP contribution in [0.3, 0.4) is 0 Å². The Balaban J connectivity index is 2.17. The molecule has 2 heterocycles. The van der Waals surface area contributed by atoms with Crippen LogP contribution in [0, 0.1) is 17.0 Å². The van der Waals surface area contributed by atoms with Crippen molar-refractivity contribution in [3.05, 3.63) is 15.8 Å². The molecule has 1 aromatic heterocycles. The Bertz CT molecular complexity index is 649. The number of aromatic nitrogens is 2. The number of ether oxygens (including phenoxy) is 1. The zero-order valence-corrected chi connectivity index (χ0v) is 15.1. The number of carbonyl (C=O) groups excluding carboxylic acids is 1. The highest BCUT2D eigenvalue weighted by Gasteiger charge is 2.35. The maximum atomic E-state index is 12.3. The van der Waals surface area contributed by atoms with Crippen molar-refractivity contribution in [3.8, 4) is 0 Å². The van der Waals surface area contributed by atoms with Gasteiger partial charge in [0.25, 0.3) is 0 Å². The molecule has 0 unspecified atom stereocenters. The summed E-state index contributed by atoms with van der Waals surface area (Å²) >= 11 is 0. The molecule has 0 aromatic carbocycles. The number of piperazine rings is 1. The number of nitrogens with zero attached hydrogens (tertiary/aromatic N) is 5. The molecule has 9 nitrogen and oxygen atoms in total. The lowest BCUT2D eigenvalue weighted by atomic mass is 10.2. The first-order valence-corrected chi connectivity index (χ1v) is 7.94. The summed E-state index contributed by atoms with van der Waals surface area (Å²) in [7, 11) is 1.69. The van der Waals surface area contributed by atoms with Gasteiger partial charge in [0, 0.05) is 32.7 Å². The Labute approximate surface area is 141 Å². The van der Waals surface area contributed by atoms with Gasteiger partial charge in [0.05, 0.1) is 4.92 Å². The fourth-order valence-electron chi connectivity index (χ4n) is 2.94. The van der Waals surface area contributed by atoms with Crippen LogP contribution in [0.2, 0.25) is 0 Å². The van der Waals surface area contributed by atoms with Crippen molar-refractivity contribution >= 4 is 17.6 Å². The first kappa shape index (κ1) is 18.0. The van der Waals surface area contributed by atoms with Gasteiger partial charge in [-0.1, -0.05) is 0 Å². The lowest BCUT2D eigenvalue weighted by molar-refractivity contribution is -0.384. The molecule has 9 heteroatoms. The van der Waals surface area contributed by atoms with Gasteiger partial charge in [-0.25, -0.2) is 9.48 Å². The largest absolute Gasteiger partial charge is 0.444 e. The van der Waals surface area contributed by atoms with Gasteiger partial charge in [-0.15, -0.1) is 0 Å². The number of carbonyl (C=O) groups is 1. The number of amides is 1. The Kier molecular flexibility index (Phi) is 4.73. The quantitative estimate of drug-likeness (QED) is 0.605. The van der Waals surface area contributed by atoms with Crippen molar-refractivity contribution < 1.29 is 14.5 Å². The molecule has 0 aliphatic carbocycles. The van der Waals surface area contributed by atoms with Crippen LogP contribution in [0.1, 0.15) is 33.4 Å². The van der Waals surface area contributed by atoms with Gasteiger partial charge in [-0.2, -0.15) is 5.10 Å². The number of aryl methyl sites for hydroxylation is 2. The summed E-state index contributed by atoms with van der Waals surface area (Å²) in [6.45, 7) is 10.4. The summed E-state index contributed by atoms with van der Waals surface area (Å²) in [6, 6.07) is -0.122. The zero-order valence-electron chi connectivity index (χ0n) is 15.1. The van der Waals surface area contributed by atoms with Gasteiger partial charge >= 0.3 is 11.8 Å². The molecule has 1 aliphatic heterocycles. The normalized spacial score (nSPS) is 18.7. The predicted molar refractivity (Wildman–Crippen MR) is 89.2 cm³/mol. The monoisotopic (exact) mass is 339 g/mol. The van der Waals surface area contributed by atoms with E-state index in [2.05, 4.69) is 5.10 Å². The van der Waals surface area contributed by atoms with Crippen LogP contribution in [-0.2, 0) is 11.8 Å². The van der Waals surface area contributed by atoms with Crippen molar-refractivity contribution in [1.82, 2.24) is 14.7 Å². The highest BCUT2D eigenvalue weighted by Crippen LogP contribution is 2.32. The third-order valence-corrected chi connectivity index (χ3v) is 3.90. The van der Waals surface area contributed by atoms with Crippen molar-refractivity contribution in [1.29, 1.82) is 0 Å². The maximum absolute atomic E-state index is 12.3. The average molecular weight is 339 g/mol. The summed E-state index contributed by atoms with van der Waals surface area (Å²) in [6.07, 6.45) is -0.356.